The van der Waals surface area contributed by atoms with Crippen LogP contribution in [0.25, 0.3) is 10.9 Å². The van der Waals surface area contributed by atoms with Crippen LogP contribution in [0.4, 0.5) is 0 Å². The fourth-order valence-corrected chi connectivity index (χ4v) is 3.34. The average Bonchev–Trinajstić information content (AvgIpc) is 2.95. The zero-order valence-electron chi connectivity index (χ0n) is 15.6. The smallest absolute Gasteiger partial charge is 0.352 e. The summed E-state index contributed by atoms with van der Waals surface area (Å²) >= 11 is 0. The standard InChI is InChI=1S/C22H26N2O2/c1-4-16(3)23-13-19-18-11-7-8-12-20(18)24(21(19)22(25)26)14-17-10-6-5-9-15(17)2/h5-12,16,23H,4,13-14H2,1-3H3,(H,25,26)/t16-/m1/s1. The van der Waals surface area contributed by atoms with E-state index in [0.717, 1.165) is 28.5 Å². The predicted molar refractivity (Wildman–Crippen MR) is 106 cm³/mol. The van der Waals surface area contributed by atoms with Gasteiger partial charge in [0.25, 0.3) is 0 Å². The zero-order valence-corrected chi connectivity index (χ0v) is 15.6. The highest BCUT2D eigenvalue weighted by Gasteiger charge is 2.22. The average molecular weight is 350 g/mol. The van der Waals surface area contributed by atoms with Gasteiger partial charge in [0.1, 0.15) is 5.69 Å². The fourth-order valence-electron chi connectivity index (χ4n) is 3.34. The van der Waals surface area contributed by atoms with Gasteiger partial charge < -0.3 is 15.0 Å². The Hall–Kier alpha value is -2.59. The van der Waals surface area contributed by atoms with E-state index in [4.69, 9.17) is 0 Å². The van der Waals surface area contributed by atoms with Crippen LogP contribution in [-0.2, 0) is 13.1 Å². The number of aromatic carboxylic acids is 1. The van der Waals surface area contributed by atoms with E-state index in [2.05, 4.69) is 38.2 Å². The van der Waals surface area contributed by atoms with Crippen molar-refractivity contribution in [1.29, 1.82) is 0 Å². The Bertz CT molecular complexity index is 927. The molecule has 0 radical (unpaired) electrons. The molecule has 1 aromatic heterocycles. The number of aryl methyl sites for hydroxylation is 1. The summed E-state index contributed by atoms with van der Waals surface area (Å²) in [6.45, 7) is 7.41. The Balaban J connectivity index is 2.13. The minimum Gasteiger partial charge on any atom is -0.477 e. The van der Waals surface area contributed by atoms with Crippen molar-refractivity contribution in [2.45, 2.75) is 46.3 Å². The minimum atomic E-state index is -0.879. The number of carbonyl (C=O) groups is 1. The molecule has 2 N–H and O–H groups in total. The third kappa shape index (κ3) is 3.51. The van der Waals surface area contributed by atoms with Gasteiger partial charge in [-0.3, -0.25) is 0 Å². The second-order valence-electron chi connectivity index (χ2n) is 6.85. The molecule has 4 nitrogen and oxygen atoms in total. The summed E-state index contributed by atoms with van der Waals surface area (Å²) in [5.41, 5.74) is 4.51. The van der Waals surface area contributed by atoms with Gasteiger partial charge in [-0.05, 0) is 37.5 Å². The summed E-state index contributed by atoms with van der Waals surface area (Å²) in [6.07, 6.45) is 1.00. The monoisotopic (exact) mass is 350 g/mol. The van der Waals surface area contributed by atoms with Crippen LogP contribution in [0.1, 0.15) is 47.4 Å². The number of hydrogen-bond donors (Lipinski definition) is 2. The first kappa shape index (κ1) is 18.2. The van der Waals surface area contributed by atoms with E-state index in [1.165, 1.54) is 5.56 Å². The van der Waals surface area contributed by atoms with Crippen molar-refractivity contribution in [3.05, 3.63) is 70.9 Å². The number of carboxylic acid groups (broad SMARTS) is 1. The lowest BCUT2D eigenvalue weighted by Crippen LogP contribution is -2.25. The van der Waals surface area contributed by atoms with E-state index in [0.29, 0.717) is 24.8 Å². The minimum absolute atomic E-state index is 0.343. The number of rotatable bonds is 7. The molecular formula is C22H26N2O2. The van der Waals surface area contributed by atoms with Crippen LogP contribution in [-0.4, -0.2) is 21.7 Å². The Kier molecular flexibility index (Phi) is 5.43. The van der Waals surface area contributed by atoms with Gasteiger partial charge in [-0.15, -0.1) is 0 Å². The van der Waals surface area contributed by atoms with Crippen LogP contribution in [0.15, 0.2) is 48.5 Å². The van der Waals surface area contributed by atoms with Crippen molar-refractivity contribution in [3.8, 4) is 0 Å². The summed E-state index contributed by atoms with van der Waals surface area (Å²) in [5.74, 6) is -0.879. The maximum atomic E-state index is 12.2. The molecule has 1 heterocycles. The molecule has 0 fully saturated rings. The fraction of sp³-hybridized carbons (Fsp3) is 0.318. The maximum absolute atomic E-state index is 12.2. The second kappa shape index (κ2) is 7.75. The molecule has 4 heteroatoms. The van der Waals surface area contributed by atoms with Crippen LogP contribution in [0.5, 0.6) is 0 Å². The Labute approximate surface area is 154 Å². The Morgan fingerprint density at radius 3 is 2.54 bits per heavy atom. The molecule has 136 valence electrons. The second-order valence-corrected chi connectivity index (χ2v) is 6.85. The largest absolute Gasteiger partial charge is 0.477 e. The lowest BCUT2D eigenvalue weighted by Gasteiger charge is -2.13. The van der Waals surface area contributed by atoms with Gasteiger partial charge in [0.2, 0.25) is 0 Å². The first-order chi connectivity index (χ1) is 12.5. The zero-order chi connectivity index (χ0) is 18.7. The molecule has 0 spiro atoms. The summed E-state index contributed by atoms with van der Waals surface area (Å²) < 4.78 is 1.94. The number of nitrogens with one attached hydrogen (secondary N) is 1. The molecule has 0 saturated carbocycles. The molecular weight excluding hydrogens is 324 g/mol. The number of hydrogen-bond acceptors (Lipinski definition) is 2. The highest BCUT2D eigenvalue weighted by molar-refractivity contribution is 5.98. The van der Waals surface area contributed by atoms with E-state index >= 15 is 0 Å². The van der Waals surface area contributed by atoms with Crippen LogP contribution in [0, 0.1) is 6.92 Å². The number of nitrogens with zero attached hydrogens (tertiary/aromatic N) is 1. The predicted octanol–water partition coefficient (Wildman–Crippen LogP) is 4.58. The third-order valence-electron chi connectivity index (χ3n) is 5.11. The molecule has 0 saturated heterocycles. The number of aromatic nitrogens is 1. The third-order valence-corrected chi connectivity index (χ3v) is 5.11. The maximum Gasteiger partial charge on any atom is 0.352 e. The van der Waals surface area contributed by atoms with Crippen molar-refractivity contribution in [2.75, 3.05) is 0 Å². The van der Waals surface area contributed by atoms with Gasteiger partial charge in [-0.1, -0.05) is 49.4 Å². The molecule has 3 rings (SSSR count). The van der Waals surface area contributed by atoms with Crippen LogP contribution < -0.4 is 5.32 Å². The van der Waals surface area contributed by atoms with Crippen molar-refractivity contribution < 1.29 is 9.90 Å². The Morgan fingerprint density at radius 1 is 1.15 bits per heavy atom. The van der Waals surface area contributed by atoms with E-state index < -0.39 is 5.97 Å². The molecule has 1 atom stereocenters. The number of carboxylic acids is 1. The number of para-hydroxylation sites is 1. The summed E-state index contributed by atoms with van der Waals surface area (Å²) in [6, 6.07) is 16.4. The van der Waals surface area contributed by atoms with Crippen LogP contribution >= 0.6 is 0 Å². The molecule has 3 aromatic rings. The van der Waals surface area contributed by atoms with Gasteiger partial charge in [0, 0.05) is 35.6 Å². The van der Waals surface area contributed by atoms with Gasteiger partial charge in [-0.25, -0.2) is 4.79 Å². The van der Waals surface area contributed by atoms with Crippen molar-refractivity contribution >= 4 is 16.9 Å². The molecule has 0 amide bonds. The quantitative estimate of drug-likeness (QED) is 0.655. The lowest BCUT2D eigenvalue weighted by atomic mass is 10.1. The highest BCUT2D eigenvalue weighted by Crippen LogP contribution is 2.28. The van der Waals surface area contributed by atoms with Crippen LogP contribution in [0.2, 0.25) is 0 Å². The van der Waals surface area contributed by atoms with Crippen molar-refractivity contribution in [2.24, 2.45) is 0 Å². The first-order valence-electron chi connectivity index (χ1n) is 9.14. The number of fused-ring (bicyclic) bond motifs is 1. The summed E-state index contributed by atoms with van der Waals surface area (Å²) in [7, 11) is 0. The van der Waals surface area contributed by atoms with E-state index in [1.54, 1.807) is 0 Å². The Morgan fingerprint density at radius 2 is 1.85 bits per heavy atom. The highest BCUT2D eigenvalue weighted by atomic mass is 16.4. The van der Waals surface area contributed by atoms with Crippen molar-refractivity contribution in [1.82, 2.24) is 9.88 Å². The van der Waals surface area contributed by atoms with Crippen LogP contribution in [0.3, 0.4) is 0 Å². The topological polar surface area (TPSA) is 54.3 Å². The summed E-state index contributed by atoms with van der Waals surface area (Å²) in [5, 5.41) is 14.4. The molecule has 0 bridgehead atoms. The molecule has 2 aromatic carbocycles. The normalized spacial score (nSPS) is 12.4. The molecule has 0 aliphatic rings. The first-order valence-corrected chi connectivity index (χ1v) is 9.14. The molecule has 26 heavy (non-hydrogen) atoms. The van der Waals surface area contributed by atoms with E-state index in [-0.39, 0.29) is 0 Å². The van der Waals surface area contributed by atoms with E-state index in [9.17, 15) is 9.90 Å². The van der Waals surface area contributed by atoms with Gasteiger partial charge in [0.05, 0.1) is 0 Å². The molecule has 0 aliphatic heterocycles. The number of benzene rings is 2. The molecule has 0 unspecified atom stereocenters. The van der Waals surface area contributed by atoms with E-state index in [1.807, 2.05) is 41.0 Å². The van der Waals surface area contributed by atoms with Gasteiger partial charge in [0.15, 0.2) is 0 Å². The molecule has 0 aliphatic carbocycles. The van der Waals surface area contributed by atoms with Gasteiger partial charge in [-0.2, -0.15) is 0 Å². The lowest BCUT2D eigenvalue weighted by molar-refractivity contribution is 0.0684. The van der Waals surface area contributed by atoms with Gasteiger partial charge >= 0.3 is 5.97 Å². The SMILES string of the molecule is CC[C@@H](C)NCc1c(C(=O)O)n(Cc2ccccc2C)c2ccccc12. The summed E-state index contributed by atoms with van der Waals surface area (Å²) in [4.78, 5) is 12.2. The van der Waals surface area contributed by atoms with Crippen molar-refractivity contribution in [3.63, 3.8) is 0 Å².